The maximum absolute atomic E-state index is 4.82. The molecule has 0 spiro atoms. The quantitative estimate of drug-likeness (QED) is 0.268. The first kappa shape index (κ1) is 19.3. The molecule has 0 radical (unpaired) electrons. The van der Waals surface area contributed by atoms with Crippen LogP contribution in [-0.4, -0.2) is 29.1 Å². The lowest BCUT2D eigenvalue weighted by Gasteiger charge is -2.06. The van der Waals surface area contributed by atoms with Gasteiger partial charge in [-0.15, -0.1) is 22.7 Å². The summed E-state index contributed by atoms with van der Waals surface area (Å²) in [5.74, 6) is 0. The highest BCUT2D eigenvalue weighted by Gasteiger charge is 2.11. The van der Waals surface area contributed by atoms with Gasteiger partial charge < -0.3 is 0 Å². The van der Waals surface area contributed by atoms with Crippen LogP contribution in [0.15, 0.2) is 98.4 Å². The van der Waals surface area contributed by atoms with Crippen molar-refractivity contribution < 1.29 is 0 Å². The average molecular weight is 477 g/mol. The van der Waals surface area contributed by atoms with Crippen LogP contribution < -0.4 is 0 Å². The number of nitrogens with zero attached hydrogens (tertiary/aromatic N) is 6. The lowest BCUT2D eigenvalue weighted by atomic mass is 10.1. The Bertz CT molecular complexity index is 1630. The van der Waals surface area contributed by atoms with Crippen molar-refractivity contribution in [3.8, 4) is 30.9 Å². The minimum absolute atomic E-state index is 0.921. The van der Waals surface area contributed by atoms with Crippen LogP contribution in [0.4, 0.5) is 0 Å². The fourth-order valence-corrected chi connectivity index (χ4v) is 5.97. The van der Waals surface area contributed by atoms with Crippen LogP contribution in [0, 0.1) is 0 Å². The van der Waals surface area contributed by atoms with Crippen molar-refractivity contribution in [2.45, 2.75) is 0 Å². The third-order valence-corrected chi connectivity index (χ3v) is 8.07. The summed E-state index contributed by atoms with van der Waals surface area (Å²) in [6, 6.07) is 17.1. The maximum atomic E-state index is 4.82. The summed E-state index contributed by atoms with van der Waals surface area (Å²) in [7, 11) is 0. The molecule has 6 nitrogen and oxygen atoms in total. The van der Waals surface area contributed by atoms with Crippen LogP contribution >= 0.6 is 22.7 Å². The van der Waals surface area contributed by atoms with Crippen LogP contribution in [0.2, 0.25) is 0 Å². The number of rotatable bonds is 4. The molecule has 7 rings (SSSR count). The number of pyridine rings is 2. The van der Waals surface area contributed by atoms with Gasteiger partial charge in [0.15, 0.2) is 0 Å². The van der Waals surface area contributed by atoms with E-state index < -0.39 is 0 Å². The first-order valence-electron chi connectivity index (χ1n) is 10.7. The Kier molecular flexibility index (Phi) is 4.39. The van der Waals surface area contributed by atoms with Gasteiger partial charge in [0.05, 0.1) is 23.7 Å². The fourth-order valence-electron chi connectivity index (χ4n) is 4.08. The Morgan fingerprint density at radius 3 is 1.53 bits per heavy atom. The normalized spacial score (nSPS) is 11.5. The van der Waals surface area contributed by atoms with E-state index in [2.05, 4.69) is 58.5 Å². The predicted molar refractivity (Wildman–Crippen MR) is 138 cm³/mol. The number of imidazole rings is 2. The summed E-state index contributed by atoms with van der Waals surface area (Å²) >= 11 is 3.44. The Hall–Kier alpha value is -4.14. The number of fused-ring (bicyclic) bond motifs is 3. The maximum Gasteiger partial charge on any atom is 0.101 e. The standard InChI is InChI=1S/C26H16N6S2/c1-2-18-12-20(22-4-6-24(34-22)32-10-8-28-16-32)14-30-26(18)25-17(1)11-19(13-29-25)21-3-5-23(33-21)31-9-7-27-15-31/h1-16H. The Labute approximate surface area is 202 Å². The van der Waals surface area contributed by atoms with Crippen LogP contribution in [0.3, 0.4) is 0 Å². The topological polar surface area (TPSA) is 61.4 Å². The summed E-state index contributed by atoms with van der Waals surface area (Å²) in [5.41, 5.74) is 4.05. The van der Waals surface area contributed by atoms with Crippen molar-refractivity contribution >= 4 is 44.5 Å². The van der Waals surface area contributed by atoms with Crippen LogP contribution in [0.1, 0.15) is 0 Å². The van der Waals surface area contributed by atoms with Gasteiger partial charge in [0, 0.05) is 68.8 Å². The zero-order chi connectivity index (χ0) is 22.5. The second-order valence-corrected chi connectivity index (χ2v) is 10.00. The molecule has 0 saturated carbocycles. The number of hydrogen-bond donors (Lipinski definition) is 0. The van der Waals surface area contributed by atoms with Gasteiger partial charge in [-0.1, -0.05) is 12.1 Å². The van der Waals surface area contributed by atoms with Crippen molar-refractivity contribution in [1.82, 2.24) is 29.1 Å². The van der Waals surface area contributed by atoms with Gasteiger partial charge in [-0.3, -0.25) is 19.1 Å². The van der Waals surface area contributed by atoms with E-state index in [1.54, 1.807) is 35.1 Å². The third kappa shape index (κ3) is 3.23. The number of thiophene rings is 2. The molecule has 6 aromatic heterocycles. The predicted octanol–water partition coefficient (Wildman–Crippen LogP) is 6.61. The van der Waals surface area contributed by atoms with Crippen molar-refractivity contribution in [2.75, 3.05) is 0 Å². The van der Waals surface area contributed by atoms with Gasteiger partial charge in [0.1, 0.15) is 10.0 Å². The molecule has 0 fully saturated rings. The molecule has 162 valence electrons. The van der Waals surface area contributed by atoms with Gasteiger partial charge in [-0.05, 0) is 36.4 Å². The van der Waals surface area contributed by atoms with Crippen LogP contribution in [-0.2, 0) is 0 Å². The van der Waals surface area contributed by atoms with Crippen molar-refractivity contribution in [2.24, 2.45) is 0 Å². The van der Waals surface area contributed by atoms with Crippen LogP contribution in [0.25, 0.3) is 52.7 Å². The molecule has 8 heteroatoms. The Morgan fingerprint density at radius 1 is 0.588 bits per heavy atom. The summed E-state index contributed by atoms with van der Waals surface area (Å²) in [6.07, 6.45) is 15.0. The largest absolute Gasteiger partial charge is 0.298 e. The van der Waals surface area contributed by atoms with Gasteiger partial charge in [-0.25, -0.2) is 9.97 Å². The third-order valence-electron chi connectivity index (χ3n) is 5.77. The van der Waals surface area contributed by atoms with Crippen molar-refractivity contribution in [1.29, 1.82) is 0 Å². The van der Waals surface area contributed by atoms with E-state index in [-0.39, 0.29) is 0 Å². The number of benzene rings is 1. The zero-order valence-corrected chi connectivity index (χ0v) is 19.4. The molecule has 0 aliphatic rings. The molecule has 1 aromatic carbocycles. The molecule has 34 heavy (non-hydrogen) atoms. The molecule has 6 heterocycles. The second-order valence-electron chi connectivity index (χ2n) is 7.87. The van der Waals surface area contributed by atoms with E-state index in [4.69, 9.17) is 9.97 Å². The molecular weight excluding hydrogens is 460 g/mol. The van der Waals surface area contributed by atoms with Gasteiger partial charge in [0.2, 0.25) is 0 Å². The Balaban J connectivity index is 1.25. The molecule has 7 aromatic rings. The molecule has 0 saturated heterocycles. The van der Waals surface area contributed by atoms with E-state index >= 15 is 0 Å². The number of hydrogen-bond acceptors (Lipinski definition) is 6. The summed E-state index contributed by atoms with van der Waals surface area (Å²) in [5, 5.41) is 4.43. The molecule has 0 unspecified atom stereocenters. The summed E-state index contributed by atoms with van der Waals surface area (Å²) in [4.78, 5) is 20.3. The van der Waals surface area contributed by atoms with E-state index in [9.17, 15) is 0 Å². The molecule has 0 bridgehead atoms. The number of aromatic nitrogens is 6. The highest BCUT2D eigenvalue weighted by Crippen LogP contribution is 2.35. The highest BCUT2D eigenvalue weighted by molar-refractivity contribution is 7.18. The monoisotopic (exact) mass is 476 g/mol. The fraction of sp³-hybridized carbons (Fsp3) is 0. The molecule has 0 atom stereocenters. The van der Waals surface area contributed by atoms with Crippen molar-refractivity contribution in [3.63, 3.8) is 0 Å². The van der Waals surface area contributed by atoms with E-state index in [1.807, 2.05) is 46.6 Å². The first-order chi connectivity index (χ1) is 16.8. The second kappa shape index (κ2) is 7.72. The minimum Gasteiger partial charge on any atom is -0.298 e. The summed E-state index contributed by atoms with van der Waals surface area (Å²) in [6.45, 7) is 0. The van der Waals surface area contributed by atoms with Gasteiger partial charge in [0.25, 0.3) is 0 Å². The smallest absolute Gasteiger partial charge is 0.101 e. The lowest BCUT2D eigenvalue weighted by molar-refractivity contribution is 1.09. The molecular formula is C26H16N6S2. The van der Waals surface area contributed by atoms with E-state index in [1.165, 1.54) is 9.75 Å². The van der Waals surface area contributed by atoms with Gasteiger partial charge in [-0.2, -0.15) is 0 Å². The van der Waals surface area contributed by atoms with E-state index in [0.717, 1.165) is 42.9 Å². The molecule has 0 N–H and O–H groups in total. The van der Waals surface area contributed by atoms with Gasteiger partial charge >= 0.3 is 0 Å². The van der Waals surface area contributed by atoms with E-state index in [0.29, 0.717) is 0 Å². The average Bonchev–Trinajstić information content (AvgIpc) is 3.70. The first-order valence-corrected chi connectivity index (χ1v) is 12.3. The molecule has 0 aliphatic heterocycles. The molecule has 0 amide bonds. The molecule has 0 aliphatic carbocycles. The SMILES string of the molecule is c1cn(-c2ccc(-c3cnc4c(ccc5cc(-c6ccc(-n7ccnc7)s6)cnc54)c3)s2)cn1. The highest BCUT2D eigenvalue weighted by atomic mass is 32.1. The van der Waals surface area contributed by atoms with Crippen molar-refractivity contribution in [3.05, 3.63) is 98.4 Å². The zero-order valence-electron chi connectivity index (χ0n) is 17.7. The van der Waals surface area contributed by atoms with Crippen LogP contribution in [0.5, 0.6) is 0 Å². The lowest BCUT2D eigenvalue weighted by Crippen LogP contribution is -1.87. The minimum atomic E-state index is 0.921. The Morgan fingerprint density at radius 2 is 1.09 bits per heavy atom. The summed E-state index contributed by atoms with van der Waals surface area (Å²) < 4.78 is 4.03.